The Morgan fingerprint density at radius 1 is 1.29 bits per heavy atom. The maximum Gasteiger partial charge on any atom is 0.146 e. The number of aryl methyl sites for hydroxylation is 1. The summed E-state index contributed by atoms with van der Waals surface area (Å²) in [6.07, 6.45) is 0. The normalized spacial score (nSPS) is 11.1. The van der Waals surface area contributed by atoms with E-state index in [0.717, 1.165) is 33.9 Å². The van der Waals surface area contributed by atoms with Crippen molar-refractivity contribution in [3.63, 3.8) is 0 Å². The van der Waals surface area contributed by atoms with E-state index in [1.54, 1.807) is 0 Å². The van der Waals surface area contributed by atoms with Crippen molar-refractivity contribution in [2.75, 3.05) is 7.05 Å². The molecule has 2 rings (SSSR count). The lowest BCUT2D eigenvalue weighted by Gasteiger charge is -2.13. The molecule has 0 aliphatic rings. The van der Waals surface area contributed by atoms with Crippen LogP contribution in [0.5, 0.6) is 5.75 Å². The van der Waals surface area contributed by atoms with Gasteiger partial charge in [0.05, 0.1) is 6.54 Å². The van der Waals surface area contributed by atoms with Crippen molar-refractivity contribution in [1.29, 1.82) is 0 Å². The summed E-state index contributed by atoms with van der Waals surface area (Å²) in [5.41, 5.74) is 2.35. The molecule has 0 fully saturated rings. The topological polar surface area (TPSA) is 34.4 Å². The molecule has 1 N–H and O–H groups in total. The zero-order chi connectivity index (χ0) is 15.4. The van der Waals surface area contributed by atoms with Crippen molar-refractivity contribution in [3.8, 4) is 5.75 Å². The molecule has 0 radical (unpaired) electrons. The Hall–Kier alpha value is -1.26. The fraction of sp³-hybridized carbons (Fsp3) is 0.412. The Morgan fingerprint density at radius 3 is 2.71 bits per heavy atom. The van der Waals surface area contributed by atoms with Gasteiger partial charge in [0.15, 0.2) is 0 Å². The van der Waals surface area contributed by atoms with Gasteiger partial charge in [-0.25, -0.2) is 0 Å². The third-order valence-electron chi connectivity index (χ3n) is 3.37. The number of hydrogen-bond acceptors (Lipinski definition) is 3. The SMILES string of the molecule is CNCc1oc(COc2ccc(Br)cc2C(C)C)cc1C. The Kier molecular flexibility index (Phi) is 5.48. The average molecular weight is 352 g/mol. The van der Waals surface area contributed by atoms with Gasteiger partial charge in [0.2, 0.25) is 0 Å². The highest BCUT2D eigenvalue weighted by Gasteiger charge is 2.11. The summed E-state index contributed by atoms with van der Waals surface area (Å²) in [6, 6.07) is 8.16. The molecule has 1 heterocycles. The first kappa shape index (κ1) is 16.1. The van der Waals surface area contributed by atoms with Crippen molar-refractivity contribution in [1.82, 2.24) is 5.32 Å². The van der Waals surface area contributed by atoms with Gasteiger partial charge in [0.25, 0.3) is 0 Å². The van der Waals surface area contributed by atoms with Crippen molar-refractivity contribution >= 4 is 15.9 Å². The third kappa shape index (κ3) is 4.11. The van der Waals surface area contributed by atoms with E-state index in [0.29, 0.717) is 12.5 Å². The van der Waals surface area contributed by atoms with Crippen molar-refractivity contribution < 1.29 is 9.15 Å². The zero-order valence-electron chi connectivity index (χ0n) is 13.0. The lowest BCUT2D eigenvalue weighted by molar-refractivity contribution is 0.262. The van der Waals surface area contributed by atoms with E-state index in [4.69, 9.17) is 9.15 Å². The van der Waals surface area contributed by atoms with Gasteiger partial charge in [-0.15, -0.1) is 0 Å². The van der Waals surface area contributed by atoms with Gasteiger partial charge < -0.3 is 14.5 Å². The van der Waals surface area contributed by atoms with Crippen LogP contribution in [0.2, 0.25) is 0 Å². The third-order valence-corrected chi connectivity index (χ3v) is 3.87. The van der Waals surface area contributed by atoms with Gasteiger partial charge in [0.1, 0.15) is 23.9 Å². The Labute approximate surface area is 134 Å². The molecule has 4 heteroatoms. The zero-order valence-corrected chi connectivity index (χ0v) is 14.6. The smallest absolute Gasteiger partial charge is 0.146 e. The van der Waals surface area contributed by atoms with Crippen molar-refractivity contribution in [2.24, 2.45) is 0 Å². The Morgan fingerprint density at radius 2 is 2.05 bits per heavy atom. The van der Waals surface area contributed by atoms with Crippen LogP contribution in [0.1, 0.15) is 42.4 Å². The van der Waals surface area contributed by atoms with Gasteiger partial charge in [-0.05, 0) is 55.3 Å². The van der Waals surface area contributed by atoms with Crippen LogP contribution >= 0.6 is 15.9 Å². The van der Waals surface area contributed by atoms with E-state index in [2.05, 4.69) is 48.1 Å². The van der Waals surface area contributed by atoms with Crippen LogP contribution in [0.4, 0.5) is 0 Å². The van der Waals surface area contributed by atoms with Crippen LogP contribution in [0.25, 0.3) is 0 Å². The number of benzene rings is 1. The molecule has 0 spiro atoms. The molecule has 0 bridgehead atoms. The van der Waals surface area contributed by atoms with Crippen LogP contribution in [0, 0.1) is 6.92 Å². The fourth-order valence-electron chi connectivity index (χ4n) is 2.25. The average Bonchev–Trinajstić information content (AvgIpc) is 2.78. The second-order valence-electron chi connectivity index (χ2n) is 5.47. The summed E-state index contributed by atoms with van der Waals surface area (Å²) in [7, 11) is 1.91. The highest BCUT2D eigenvalue weighted by Crippen LogP contribution is 2.30. The summed E-state index contributed by atoms with van der Waals surface area (Å²) >= 11 is 3.51. The molecule has 1 aromatic carbocycles. The van der Waals surface area contributed by atoms with Crippen LogP contribution < -0.4 is 10.1 Å². The molecular weight excluding hydrogens is 330 g/mol. The highest BCUT2D eigenvalue weighted by atomic mass is 79.9. The summed E-state index contributed by atoms with van der Waals surface area (Å²) < 4.78 is 12.8. The van der Waals surface area contributed by atoms with E-state index >= 15 is 0 Å². The molecule has 2 aromatic rings. The lowest BCUT2D eigenvalue weighted by Crippen LogP contribution is -2.04. The van der Waals surface area contributed by atoms with E-state index < -0.39 is 0 Å². The fourth-order valence-corrected chi connectivity index (χ4v) is 2.63. The molecule has 0 aliphatic heterocycles. The second kappa shape index (κ2) is 7.14. The van der Waals surface area contributed by atoms with Crippen LogP contribution in [0.3, 0.4) is 0 Å². The maximum atomic E-state index is 5.95. The molecule has 114 valence electrons. The first-order valence-corrected chi connectivity index (χ1v) is 7.95. The molecule has 0 atom stereocenters. The molecule has 21 heavy (non-hydrogen) atoms. The predicted molar refractivity (Wildman–Crippen MR) is 88.8 cm³/mol. The summed E-state index contributed by atoms with van der Waals surface area (Å²) in [6.45, 7) is 7.57. The van der Waals surface area contributed by atoms with Crippen molar-refractivity contribution in [2.45, 2.75) is 39.8 Å². The number of hydrogen-bond donors (Lipinski definition) is 1. The largest absolute Gasteiger partial charge is 0.485 e. The highest BCUT2D eigenvalue weighted by molar-refractivity contribution is 9.10. The number of ether oxygens (including phenoxy) is 1. The van der Waals surface area contributed by atoms with Gasteiger partial charge in [-0.1, -0.05) is 29.8 Å². The molecule has 3 nitrogen and oxygen atoms in total. The summed E-state index contributed by atoms with van der Waals surface area (Å²) in [5, 5.41) is 3.10. The van der Waals surface area contributed by atoms with Gasteiger partial charge in [-0.3, -0.25) is 0 Å². The number of halogens is 1. The van der Waals surface area contributed by atoms with E-state index in [1.165, 1.54) is 5.56 Å². The second-order valence-corrected chi connectivity index (χ2v) is 6.39. The maximum absolute atomic E-state index is 5.95. The number of rotatable bonds is 6. The minimum atomic E-state index is 0.413. The van der Waals surface area contributed by atoms with E-state index in [9.17, 15) is 0 Å². The first-order valence-electron chi connectivity index (χ1n) is 7.16. The first-order chi connectivity index (χ1) is 10.0. The molecule has 0 unspecified atom stereocenters. The predicted octanol–water partition coefficient (Wildman–Crippen LogP) is 4.77. The van der Waals surface area contributed by atoms with Gasteiger partial charge >= 0.3 is 0 Å². The Balaban J connectivity index is 2.11. The minimum Gasteiger partial charge on any atom is -0.485 e. The van der Waals surface area contributed by atoms with Gasteiger partial charge in [0, 0.05) is 4.47 Å². The van der Waals surface area contributed by atoms with Crippen LogP contribution in [-0.2, 0) is 13.2 Å². The van der Waals surface area contributed by atoms with Crippen molar-refractivity contribution in [3.05, 3.63) is 51.4 Å². The molecular formula is C17H22BrNO2. The van der Waals surface area contributed by atoms with E-state index in [1.807, 2.05) is 25.2 Å². The number of furan rings is 1. The molecule has 0 amide bonds. The number of nitrogens with one attached hydrogen (secondary N) is 1. The summed E-state index contributed by atoms with van der Waals surface area (Å²) in [4.78, 5) is 0. The monoisotopic (exact) mass is 351 g/mol. The molecule has 0 saturated heterocycles. The molecule has 1 aromatic heterocycles. The molecule has 0 saturated carbocycles. The van der Waals surface area contributed by atoms with Crippen LogP contribution in [0.15, 0.2) is 33.2 Å². The summed E-state index contributed by atoms with van der Waals surface area (Å²) in [5.74, 6) is 3.15. The van der Waals surface area contributed by atoms with Gasteiger partial charge in [-0.2, -0.15) is 0 Å². The minimum absolute atomic E-state index is 0.413. The molecule has 0 aliphatic carbocycles. The standard InChI is InChI=1S/C17H22BrNO2/c1-11(2)15-8-13(18)5-6-16(15)20-10-14-7-12(3)17(21-14)9-19-4/h5-8,11,19H,9-10H2,1-4H3. The van der Waals surface area contributed by atoms with Crippen LogP contribution in [-0.4, -0.2) is 7.05 Å². The lowest BCUT2D eigenvalue weighted by atomic mass is 10.0. The Bertz CT molecular complexity index is 605. The quantitative estimate of drug-likeness (QED) is 0.813. The van der Waals surface area contributed by atoms with E-state index in [-0.39, 0.29) is 0 Å².